The van der Waals surface area contributed by atoms with Gasteiger partial charge in [-0.25, -0.2) is 19.9 Å². The first-order chi connectivity index (χ1) is 14.1. The van der Waals surface area contributed by atoms with Gasteiger partial charge in [-0.2, -0.15) is 0 Å². The van der Waals surface area contributed by atoms with E-state index in [0.717, 1.165) is 24.2 Å². The number of fused-ring (bicyclic) bond motifs is 2. The van der Waals surface area contributed by atoms with E-state index in [0.29, 0.717) is 36.3 Å². The molecule has 8 heteroatoms. The first-order valence-corrected chi connectivity index (χ1v) is 10.6. The Morgan fingerprint density at radius 1 is 1.24 bits per heavy atom. The van der Waals surface area contributed by atoms with Gasteiger partial charge in [0.2, 0.25) is 5.95 Å². The third-order valence-electron chi connectivity index (χ3n) is 6.46. The summed E-state index contributed by atoms with van der Waals surface area (Å²) in [6, 6.07) is 2.00. The number of aliphatic hydroxyl groups is 1. The van der Waals surface area contributed by atoms with Crippen LogP contribution in [0.2, 0.25) is 5.02 Å². The second-order valence-electron chi connectivity index (χ2n) is 8.15. The minimum Gasteiger partial charge on any atom is -0.389 e. The van der Waals surface area contributed by atoms with Gasteiger partial charge in [-0.15, -0.1) is 0 Å². The van der Waals surface area contributed by atoms with Crippen molar-refractivity contribution in [2.45, 2.75) is 56.6 Å². The van der Waals surface area contributed by atoms with Crippen molar-refractivity contribution in [2.75, 3.05) is 18.5 Å². The zero-order chi connectivity index (χ0) is 20.0. The maximum Gasteiger partial charge on any atom is 0.223 e. The summed E-state index contributed by atoms with van der Waals surface area (Å²) in [6.07, 6.45) is 8.15. The summed E-state index contributed by atoms with van der Waals surface area (Å²) >= 11 is 6.45. The highest BCUT2D eigenvalue weighted by Crippen LogP contribution is 2.50. The Kier molecular flexibility index (Phi) is 4.76. The third kappa shape index (κ3) is 3.21. The molecule has 0 unspecified atom stereocenters. The van der Waals surface area contributed by atoms with Crippen molar-refractivity contribution >= 4 is 29.1 Å². The monoisotopic (exact) mass is 413 g/mol. The summed E-state index contributed by atoms with van der Waals surface area (Å²) in [6.45, 7) is 3.03. The number of pyridine rings is 1. The van der Waals surface area contributed by atoms with E-state index in [1.807, 2.05) is 0 Å². The standard InChI is InChI=1S/C21H24ClN5O2/c1-12-21(5-2-3-6-21)14-8-13(9-23-19(14)25-12)18-15(22)10-24-20(27-18)26-16-4-7-29-11-17(16)28/h8-10,16-17,28H,2-7,11H2,1H3,(H,24,26,27)/t16-,17-/m1/s1. The van der Waals surface area contributed by atoms with Gasteiger partial charge in [0, 0.05) is 35.1 Å². The van der Waals surface area contributed by atoms with Gasteiger partial charge in [0.05, 0.1) is 35.7 Å². The fourth-order valence-electron chi connectivity index (χ4n) is 4.79. The molecule has 29 heavy (non-hydrogen) atoms. The first-order valence-electron chi connectivity index (χ1n) is 10.2. The van der Waals surface area contributed by atoms with Gasteiger partial charge >= 0.3 is 0 Å². The van der Waals surface area contributed by atoms with Crippen molar-refractivity contribution in [1.82, 2.24) is 15.0 Å². The molecule has 7 nitrogen and oxygen atoms in total. The predicted octanol–water partition coefficient (Wildman–Crippen LogP) is 3.67. The molecule has 4 heterocycles. The van der Waals surface area contributed by atoms with Crippen LogP contribution < -0.4 is 5.32 Å². The molecular formula is C21H24ClN5O2. The average molecular weight is 414 g/mol. The molecule has 2 aromatic heterocycles. The van der Waals surface area contributed by atoms with E-state index >= 15 is 0 Å². The fourth-order valence-corrected chi connectivity index (χ4v) is 5.00. The van der Waals surface area contributed by atoms with Crippen LogP contribution >= 0.6 is 11.6 Å². The summed E-state index contributed by atoms with van der Waals surface area (Å²) < 4.78 is 5.29. The highest BCUT2D eigenvalue weighted by molar-refractivity contribution is 6.32. The molecule has 2 N–H and O–H groups in total. The maximum atomic E-state index is 10.1. The average Bonchev–Trinajstić information content (AvgIpc) is 3.32. The topological polar surface area (TPSA) is 92.5 Å². The van der Waals surface area contributed by atoms with Crippen LogP contribution in [-0.4, -0.2) is 51.1 Å². The number of ether oxygens (including phenoxy) is 1. The smallest absolute Gasteiger partial charge is 0.223 e. The highest BCUT2D eigenvalue weighted by Gasteiger charge is 2.44. The number of halogens is 1. The largest absolute Gasteiger partial charge is 0.389 e. The fraction of sp³-hybridized carbons (Fsp3) is 0.524. The van der Waals surface area contributed by atoms with Gasteiger partial charge < -0.3 is 15.2 Å². The number of hydrogen-bond donors (Lipinski definition) is 2. The number of aliphatic imine (C=N–C) groups is 1. The molecule has 0 aromatic carbocycles. The van der Waals surface area contributed by atoms with E-state index in [2.05, 4.69) is 33.3 Å². The van der Waals surface area contributed by atoms with Crippen molar-refractivity contribution < 1.29 is 9.84 Å². The van der Waals surface area contributed by atoms with Crippen LogP contribution in [0.1, 0.15) is 44.6 Å². The van der Waals surface area contributed by atoms with Gasteiger partial charge in [-0.1, -0.05) is 24.4 Å². The first kappa shape index (κ1) is 18.9. The van der Waals surface area contributed by atoms with Crippen LogP contribution in [-0.2, 0) is 10.2 Å². The van der Waals surface area contributed by atoms with Crippen molar-refractivity contribution in [3.05, 3.63) is 29.0 Å². The molecule has 3 aliphatic rings. The Hall–Kier alpha value is -2.09. The number of aromatic nitrogens is 3. The minimum atomic E-state index is -0.588. The second kappa shape index (κ2) is 7.31. The summed E-state index contributed by atoms with van der Waals surface area (Å²) in [5.41, 5.74) is 3.88. The van der Waals surface area contributed by atoms with Crippen LogP contribution in [0.5, 0.6) is 0 Å². The Morgan fingerprint density at radius 2 is 2.07 bits per heavy atom. The SMILES string of the molecule is CC1=Nc2ncc(-c3nc(N[C@@H]4CCOC[C@H]4O)ncc3Cl)cc2C12CCCC2. The van der Waals surface area contributed by atoms with Crippen molar-refractivity contribution in [3.8, 4) is 11.3 Å². The molecule has 5 rings (SSSR count). The van der Waals surface area contributed by atoms with Crippen LogP contribution in [0.15, 0.2) is 23.5 Å². The summed E-state index contributed by atoms with van der Waals surface area (Å²) in [5.74, 6) is 1.26. The van der Waals surface area contributed by atoms with Crippen LogP contribution in [0.4, 0.5) is 11.8 Å². The van der Waals surface area contributed by atoms with E-state index in [-0.39, 0.29) is 11.5 Å². The highest BCUT2D eigenvalue weighted by atomic mass is 35.5. The van der Waals surface area contributed by atoms with Gasteiger partial charge in [0.15, 0.2) is 5.82 Å². The molecule has 2 fully saturated rings. The molecule has 2 atom stereocenters. The number of nitrogens with zero attached hydrogens (tertiary/aromatic N) is 4. The zero-order valence-corrected chi connectivity index (χ0v) is 17.1. The Balaban J connectivity index is 1.48. The molecule has 2 aromatic rings. The lowest BCUT2D eigenvalue weighted by Gasteiger charge is -2.28. The van der Waals surface area contributed by atoms with Crippen LogP contribution in [0.3, 0.4) is 0 Å². The van der Waals surface area contributed by atoms with Gasteiger partial charge in [0.1, 0.15) is 0 Å². The molecule has 0 amide bonds. The van der Waals surface area contributed by atoms with Gasteiger partial charge in [-0.3, -0.25) is 0 Å². The van der Waals surface area contributed by atoms with Crippen molar-refractivity contribution in [3.63, 3.8) is 0 Å². The van der Waals surface area contributed by atoms with E-state index < -0.39 is 6.10 Å². The zero-order valence-electron chi connectivity index (χ0n) is 16.4. The molecule has 152 valence electrons. The van der Waals surface area contributed by atoms with Crippen LogP contribution in [0, 0.1) is 0 Å². The molecule has 0 radical (unpaired) electrons. The number of aliphatic hydroxyl groups excluding tert-OH is 1. The Labute approximate surface area is 174 Å². The predicted molar refractivity (Wildman–Crippen MR) is 112 cm³/mol. The molecule has 1 saturated carbocycles. The Morgan fingerprint density at radius 3 is 2.86 bits per heavy atom. The molecule has 1 saturated heterocycles. The van der Waals surface area contributed by atoms with Gasteiger partial charge in [-0.05, 0) is 32.3 Å². The van der Waals surface area contributed by atoms with Crippen molar-refractivity contribution in [1.29, 1.82) is 0 Å². The quantitative estimate of drug-likeness (QED) is 0.797. The summed E-state index contributed by atoms with van der Waals surface area (Å²) in [5, 5.41) is 13.8. The van der Waals surface area contributed by atoms with E-state index in [4.69, 9.17) is 21.3 Å². The van der Waals surface area contributed by atoms with Crippen LogP contribution in [0.25, 0.3) is 11.3 Å². The number of nitrogens with one attached hydrogen (secondary N) is 1. The molecule has 1 spiro atoms. The summed E-state index contributed by atoms with van der Waals surface area (Å²) in [4.78, 5) is 18.3. The molecule has 0 bridgehead atoms. The lowest BCUT2D eigenvalue weighted by molar-refractivity contribution is -0.0136. The third-order valence-corrected chi connectivity index (χ3v) is 6.74. The number of hydrogen-bond acceptors (Lipinski definition) is 7. The lowest BCUT2D eigenvalue weighted by Crippen LogP contribution is -2.42. The second-order valence-corrected chi connectivity index (χ2v) is 8.56. The van der Waals surface area contributed by atoms with E-state index in [1.165, 1.54) is 24.1 Å². The molecule has 2 aliphatic heterocycles. The molecule has 1 aliphatic carbocycles. The minimum absolute atomic E-state index is 0.0190. The maximum absolute atomic E-state index is 10.1. The van der Waals surface area contributed by atoms with E-state index in [9.17, 15) is 5.11 Å². The van der Waals surface area contributed by atoms with Gasteiger partial charge in [0.25, 0.3) is 0 Å². The number of rotatable bonds is 3. The van der Waals surface area contributed by atoms with Crippen molar-refractivity contribution in [2.24, 2.45) is 4.99 Å². The van der Waals surface area contributed by atoms with E-state index in [1.54, 1.807) is 12.4 Å². The Bertz CT molecular complexity index is 974. The number of anilines is 1. The lowest BCUT2D eigenvalue weighted by atomic mass is 9.77. The normalized spacial score (nSPS) is 25.1. The molecular weight excluding hydrogens is 390 g/mol. The summed E-state index contributed by atoms with van der Waals surface area (Å²) in [7, 11) is 0.